The van der Waals surface area contributed by atoms with E-state index in [1.807, 2.05) is 13.0 Å². The van der Waals surface area contributed by atoms with Gasteiger partial charge in [0, 0.05) is 38.1 Å². The number of hydrogen-bond acceptors (Lipinski definition) is 3. The predicted octanol–water partition coefficient (Wildman–Crippen LogP) is 1.59. The molecule has 1 aromatic rings. The molecule has 6 nitrogen and oxygen atoms in total. The molecule has 0 unspecified atom stereocenters. The summed E-state index contributed by atoms with van der Waals surface area (Å²) in [6.45, 7) is 4.40. The number of amides is 1. The minimum atomic E-state index is -0.163. The summed E-state index contributed by atoms with van der Waals surface area (Å²) in [5.41, 5.74) is 1.40. The molecular weight excluding hydrogens is 304 g/mol. The van der Waals surface area contributed by atoms with Crippen LogP contribution in [0.25, 0.3) is 0 Å². The summed E-state index contributed by atoms with van der Waals surface area (Å²) < 4.78 is 5.28. The highest BCUT2D eigenvalue weighted by Gasteiger charge is 2.04. The second kappa shape index (κ2) is 12.0. The van der Waals surface area contributed by atoms with Crippen molar-refractivity contribution in [1.82, 2.24) is 10.6 Å². The van der Waals surface area contributed by atoms with Crippen molar-refractivity contribution in [2.45, 2.75) is 19.8 Å². The van der Waals surface area contributed by atoms with Crippen LogP contribution in [0.4, 0.5) is 5.69 Å². The van der Waals surface area contributed by atoms with Crippen LogP contribution in [0.2, 0.25) is 0 Å². The van der Waals surface area contributed by atoms with Gasteiger partial charge in [-0.1, -0.05) is 12.0 Å². The molecule has 24 heavy (non-hydrogen) atoms. The molecule has 1 aromatic carbocycles. The number of anilines is 1. The van der Waals surface area contributed by atoms with Gasteiger partial charge in [0.2, 0.25) is 5.91 Å². The van der Waals surface area contributed by atoms with Crippen LogP contribution in [0.3, 0.4) is 0 Å². The fourth-order valence-corrected chi connectivity index (χ4v) is 1.96. The molecule has 0 spiro atoms. The maximum Gasteiger partial charge on any atom is 0.243 e. The van der Waals surface area contributed by atoms with E-state index in [0.717, 1.165) is 38.2 Å². The minimum Gasteiger partial charge on any atom is -0.382 e. The lowest BCUT2D eigenvalue weighted by molar-refractivity contribution is -0.115. The van der Waals surface area contributed by atoms with E-state index in [4.69, 9.17) is 11.2 Å². The van der Waals surface area contributed by atoms with Crippen molar-refractivity contribution in [2.75, 3.05) is 38.7 Å². The quantitative estimate of drug-likeness (QED) is 0.278. The highest BCUT2D eigenvalue weighted by Crippen LogP contribution is 2.09. The van der Waals surface area contributed by atoms with E-state index in [1.54, 1.807) is 25.2 Å². The monoisotopic (exact) mass is 330 g/mol. The lowest BCUT2D eigenvalue weighted by Gasteiger charge is -2.12. The van der Waals surface area contributed by atoms with Crippen LogP contribution in [0, 0.1) is 12.3 Å². The molecule has 1 amide bonds. The van der Waals surface area contributed by atoms with Crippen LogP contribution in [0.1, 0.15) is 25.3 Å². The van der Waals surface area contributed by atoms with Gasteiger partial charge in [-0.3, -0.25) is 9.79 Å². The van der Waals surface area contributed by atoms with Gasteiger partial charge in [-0.25, -0.2) is 0 Å². The number of aliphatic imine (C=N–C) groups is 1. The van der Waals surface area contributed by atoms with Gasteiger partial charge in [0.25, 0.3) is 0 Å². The van der Waals surface area contributed by atoms with Gasteiger partial charge in [-0.2, -0.15) is 0 Å². The molecule has 1 rings (SSSR count). The summed E-state index contributed by atoms with van der Waals surface area (Å²) in [4.78, 5) is 16.0. The zero-order valence-electron chi connectivity index (χ0n) is 14.4. The molecule has 0 aliphatic heterocycles. The number of ether oxygens (including phenoxy) is 1. The Morgan fingerprint density at radius 1 is 1.33 bits per heavy atom. The SMILES string of the molecule is C#Cc1cccc(NC(=O)CNC(=NC)NCCCCOCC)c1. The fourth-order valence-electron chi connectivity index (χ4n) is 1.96. The molecule has 0 saturated heterocycles. The molecule has 0 saturated carbocycles. The number of carbonyl (C=O) groups is 1. The van der Waals surface area contributed by atoms with Gasteiger partial charge in [0.15, 0.2) is 5.96 Å². The Bertz CT molecular complexity index is 579. The Morgan fingerprint density at radius 2 is 2.17 bits per heavy atom. The molecule has 0 fully saturated rings. The number of nitrogens with one attached hydrogen (secondary N) is 3. The van der Waals surface area contributed by atoms with Crippen molar-refractivity contribution in [1.29, 1.82) is 0 Å². The highest BCUT2D eigenvalue weighted by molar-refractivity contribution is 5.95. The second-order valence-corrected chi connectivity index (χ2v) is 5.03. The van der Waals surface area contributed by atoms with Gasteiger partial charge >= 0.3 is 0 Å². The Kier molecular flexibility index (Phi) is 9.74. The average molecular weight is 330 g/mol. The third kappa shape index (κ3) is 8.20. The molecule has 130 valence electrons. The maximum atomic E-state index is 12.0. The van der Waals surface area contributed by atoms with E-state index in [1.165, 1.54) is 0 Å². The number of carbonyl (C=O) groups excluding carboxylic acids is 1. The second-order valence-electron chi connectivity index (χ2n) is 5.03. The van der Waals surface area contributed by atoms with Gasteiger partial charge in [-0.15, -0.1) is 6.42 Å². The topological polar surface area (TPSA) is 74.8 Å². The third-order valence-corrected chi connectivity index (χ3v) is 3.17. The molecule has 0 atom stereocenters. The van der Waals surface area contributed by atoms with Crippen molar-refractivity contribution in [3.63, 3.8) is 0 Å². The van der Waals surface area contributed by atoms with E-state index >= 15 is 0 Å². The van der Waals surface area contributed by atoms with Crippen LogP contribution in [-0.2, 0) is 9.53 Å². The third-order valence-electron chi connectivity index (χ3n) is 3.17. The Balaban J connectivity index is 2.27. The summed E-state index contributed by atoms with van der Waals surface area (Å²) in [7, 11) is 1.67. The van der Waals surface area contributed by atoms with Crippen LogP contribution in [0.5, 0.6) is 0 Å². The molecule has 0 radical (unpaired) electrons. The van der Waals surface area contributed by atoms with E-state index in [0.29, 0.717) is 11.6 Å². The summed E-state index contributed by atoms with van der Waals surface area (Å²) in [6, 6.07) is 7.17. The van der Waals surface area contributed by atoms with Crippen molar-refractivity contribution in [2.24, 2.45) is 4.99 Å². The van der Waals surface area contributed by atoms with Crippen LogP contribution >= 0.6 is 0 Å². The Hall–Kier alpha value is -2.52. The number of guanidine groups is 1. The number of rotatable bonds is 9. The Labute approximate surface area is 144 Å². The zero-order valence-corrected chi connectivity index (χ0v) is 14.4. The van der Waals surface area contributed by atoms with Gasteiger partial charge in [-0.05, 0) is 38.0 Å². The van der Waals surface area contributed by atoms with Crippen LogP contribution in [-0.4, -0.2) is 45.2 Å². The summed E-state index contributed by atoms with van der Waals surface area (Å²) in [6.07, 6.45) is 7.31. The molecule has 0 aliphatic carbocycles. The molecule has 0 aliphatic rings. The number of terminal acetylenes is 1. The molecular formula is C18H26N4O2. The average Bonchev–Trinajstić information content (AvgIpc) is 2.60. The number of hydrogen-bond donors (Lipinski definition) is 3. The van der Waals surface area contributed by atoms with Crippen LogP contribution < -0.4 is 16.0 Å². The van der Waals surface area contributed by atoms with Gasteiger partial charge in [0.1, 0.15) is 0 Å². The Morgan fingerprint density at radius 3 is 2.88 bits per heavy atom. The van der Waals surface area contributed by atoms with Crippen molar-refractivity contribution in [3.05, 3.63) is 29.8 Å². The number of benzene rings is 1. The van der Waals surface area contributed by atoms with Crippen LogP contribution in [0.15, 0.2) is 29.3 Å². The first kappa shape index (κ1) is 19.5. The number of nitrogens with zero attached hydrogens (tertiary/aromatic N) is 1. The van der Waals surface area contributed by atoms with Crippen molar-refractivity contribution in [3.8, 4) is 12.3 Å². The highest BCUT2D eigenvalue weighted by atomic mass is 16.5. The summed E-state index contributed by atoms with van der Waals surface area (Å²) in [5.74, 6) is 2.97. The largest absolute Gasteiger partial charge is 0.382 e. The van der Waals surface area contributed by atoms with E-state index < -0.39 is 0 Å². The molecule has 3 N–H and O–H groups in total. The summed E-state index contributed by atoms with van der Waals surface area (Å²) in [5, 5.41) is 8.93. The van der Waals surface area contributed by atoms with E-state index in [9.17, 15) is 4.79 Å². The first-order valence-electron chi connectivity index (χ1n) is 8.08. The van der Waals surface area contributed by atoms with Crippen molar-refractivity contribution < 1.29 is 9.53 Å². The fraction of sp³-hybridized carbons (Fsp3) is 0.444. The minimum absolute atomic E-state index is 0.124. The normalized spacial score (nSPS) is 10.8. The molecule has 0 bridgehead atoms. The molecule has 0 heterocycles. The summed E-state index contributed by atoms with van der Waals surface area (Å²) >= 11 is 0. The zero-order chi connectivity index (χ0) is 17.6. The predicted molar refractivity (Wildman–Crippen MR) is 98.1 cm³/mol. The first-order valence-corrected chi connectivity index (χ1v) is 8.08. The van der Waals surface area contributed by atoms with Gasteiger partial charge < -0.3 is 20.7 Å². The smallest absolute Gasteiger partial charge is 0.243 e. The lowest BCUT2D eigenvalue weighted by Crippen LogP contribution is -2.41. The standard InChI is InChI=1S/C18H26N4O2/c1-4-15-9-8-10-16(13-15)22-17(23)14-21-18(19-3)20-11-6-7-12-24-5-2/h1,8-10,13H,5-7,11-12,14H2,2-3H3,(H,22,23)(H2,19,20,21). The van der Waals surface area contributed by atoms with Crippen molar-refractivity contribution >= 4 is 17.6 Å². The first-order chi connectivity index (χ1) is 11.7. The molecule has 0 aromatic heterocycles. The molecule has 6 heteroatoms. The maximum absolute atomic E-state index is 12.0. The van der Waals surface area contributed by atoms with E-state index in [2.05, 4.69) is 26.9 Å². The lowest BCUT2D eigenvalue weighted by atomic mass is 10.2. The number of unbranched alkanes of at least 4 members (excludes halogenated alkanes) is 1. The van der Waals surface area contributed by atoms with E-state index in [-0.39, 0.29) is 12.5 Å². The van der Waals surface area contributed by atoms with Gasteiger partial charge in [0.05, 0.1) is 6.54 Å².